The Bertz CT molecular complexity index is 1600. The second kappa shape index (κ2) is 17.5. The maximum Gasteiger partial charge on any atom is 0.251 e. The lowest BCUT2D eigenvalue weighted by molar-refractivity contribution is -0.112. The maximum absolute atomic E-state index is 14.0. The molecule has 2 aromatic rings. The third kappa shape index (κ3) is 8.28. The second-order valence-electron chi connectivity index (χ2n) is 13.8. The number of hydrogen-bond acceptors (Lipinski definition) is 10. The summed E-state index contributed by atoms with van der Waals surface area (Å²) in [6.45, 7) is 17.7. The Morgan fingerprint density at radius 1 is 0.840 bits per heavy atom. The Hall–Kier alpha value is -3.64. The SMILES string of the molecule is C/C1=C/CC[C@H](C)C[C@@H](C)[C@@H](O)[C@@H](C)[C@H](O)[C@H](C)[C@@H](O)/C=C/C[C@@]2(C)Oc3c(C)c(O)c4c(O)c(c(C)c(O)c4c3C2=O)NC1=O.CC.CO. The highest BCUT2D eigenvalue weighted by atomic mass is 16.5. The highest BCUT2D eigenvalue weighted by Crippen LogP contribution is 2.55. The van der Waals surface area contributed by atoms with Gasteiger partial charge < -0.3 is 45.8 Å². The molecular formula is C39H59NO10. The molecule has 0 aliphatic carbocycles. The summed E-state index contributed by atoms with van der Waals surface area (Å²) in [4.78, 5) is 27.1. The number of aromatic hydroxyl groups is 3. The van der Waals surface area contributed by atoms with Crippen molar-refractivity contribution >= 4 is 28.2 Å². The molecule has 2 aromatic carbocycles. The molecule has 1 amide bonds. The van der Waals surface area contributed by atoms with Crippen LogP contribution in [0.3, 0.4) is 0 Å². The molecule has 0 saturated carbocycles. The van der Waals surface area contributed by atoms with Crippen molar-refractivity contribution in [2.45, 2.75) is 119 Å². The van der Waals surface area contributed by atoms with E-state index in [4.69, 9.17) is 9.84 Å². The van der Waals surface area contributed by atoms with Crippen LogP contribution in [0.25, 0.3) is 10.8 Å². The molecule has 0 aromatic heterocycles. The van der Waals surface area contributed by atoms with E-state index in [1.807, 2.05) is 20.8 Å². The number of phenolic OH excluding ortho intramolecular Hbond substituents is 3. The van der Waals surface area contributed by atoms with E-state index >= 15 is 0 Å². The molecule has 0 fully saturated rings. The standard InChI is InChI=1S/C36H49NO9.C2H6.CH4O/c1-16-11-9-12-17(2)35(45)37-27-20(5)30(41)24-25(32(27)43)31(42)22(7)33-26(24)34(44)36(8,46-33)14-10-13-23(38)19(4)29(40)21(6)28(39)18(3)15-16;2*1-2/h10,12-13,16,18-19,21,23,28-29,38-43H,9,11,14-15H2,1-8H3,(H,37,45);1-2H3;2H,1H3/b13-10+,17-12-;;/t16-,18+,19+,21+,23-,28+,29+,36+;;/m0../s1. The lowest BCUT2D eigenvalue weighted by atomic mass is 9.79. The van der Waals surface area contributed by atoms with E-state index in [2.05, 4.69) is 12.2 Å². The normalized spacial score (nSPS) is 31.0. The van der Waals surface area contributed by atoms with Crippen molar-refractivity contribution in [2.75, 3.05) is 12.4 Å². The number of ether oxygens (including phenoxy) is 1. The topological polar surface area (TPSA) is 197 Å². The first-order valence-electron chi connectivity index (χ1n) is 17.5. The van der Waals surface area contributed by atoms with E-state index in [-0.39, 0.29) is 62.9 Å². The van der Waals surface area contributed by atoms with E-state index in [1.54, 1.807) is 39.8 Å². The number of ketones is 1. The average Bonchev–Trinajstić information content (AvgIpc) is 3.36. The van der Waals surface area contributed by atoms with Crippen LogP contribution in [0.5, 0.6) is 23.0 Å². The van der Waals surface area contributed by atoms with Gasteiger partial charge >= 0.3 is 0 Å². The Balaban J connectivity index is 0.00000209. The number of rotatable bonds is 0. The highest BCUT2D eigenvalue weighted by molar-refractivity contribution is 6.22. The number of phenols is 3. The largest absolute Gasteiger partial charge is 0.507 e. The summed E-state index contributed by atoms with van der Waals surface area (Å²) in [5.74, 6) is -3.27. The summed E-state index contributed by atoms with van der Waals surface area (Å²) in [5.41, 5.74) is -0.887. The summed E-state index contributed by atoms with van der Waals surface area (Å²) in [7, 11) is 1.00. The van der Waals surface area contributed by atoms with Crippen LogP contribution in [0.2, 0.25) is 0 Å². The molecule has 3 aliphatic heterocycles. The van der Waals surface area contributed by atoms with Gasteiger partial charge in [0, 0.05) is 47.5 Å². The maximum atomic E-state index is 14.0. The van der Waals surface area contributed by atoms with Gasteiger partial charge in [0.2, 0.25) is 5.78 Å². The lowest BCUT2D eigenvalue weighted by Crippen LogP contribution is -2.41. The molecule has 5 bridgehead atoms. The van der Waals surface area contributed by atoms with Crippen LogP contribution in [0.15, 0.2) is 23.8 Å². The molecule has 11 nitrogen and oxygen atoms in total. The molecule has 5 rings (SSSR count). The number of aliphatic hydroxyl groups is 4. The zero-order valence-corrected chi connectivity index (χ0v) is 31.5. The number of carbonyl (C=O) groups is 2. The predicted molar refractivity (Wildman–Crippen MR) is 196 cm³/mol. The predicted octanol–water partition coefficient (Wildman–Crippen LogP) is 6.18. The Labute approximate surface area is 296 Å². The monoisotopic (exact) mass is 701 g/mol. The number of aliphatic hydroxyl groups excluding tert-OH is 4. The zero-order valence-electron chi connectivity index (χ0n) is 31.5. The van der Waals surface area contributed by atoms with Crippen molar-refractivity contribution in [3.63, 3.8) is 0 Å². The van der Waals surface area contributed by atoms with Crippen molar-refractivity contribution in [3.8, 4) is 23.0 Å². The number of anilines is 1. The molecule has 3 heterocycles. The summed E-state index contributed by atoms with van der Waals surface area (Å²) in [6, 6.07) is 0. The van der Waals surface area contributed by atoms with E-state index in [1.165, 1.54) is 19.9 Å². The summed E-state index contributed by atoms with van der Waals surface area (Å²) >= 11 is 0. The number of benzene rings is 2. The smallest absolute Gasteiger partial charge is 0.251 e. The number of carbonyl (C=O) groups excluding carboxylic acids is 2. The molecule has 0 saturated heterocycles. The molecule has 50 heavy (non-hydrogen) atoms. The molecule has 11 heteroatoms. The number of amides is 1. The fraction of sp³-hybridized carbons (Fsp3) is 0.590. The molecule has 8 atom stereocenters. The van der Waals surface area contributed by atoms with Crippen LogP contribution in [0.4, 0.5) is 5.69 Å². The number of hydrogen-bond donors (Lipinski definition) is 8. The third-order valence-corrected chi connectivity index (χ3v) is 10.2. The first-order valence-corrected chi connectivity index (χ1v) is 17.5. The van der Waals surface area contributed by atoms with Crippen LogP contribution >= 0.6 is 0 Å². The summed E-state index contributed by atoms with van der Waals surface area (Å²) < 4.78 is 6.13. The van der Waals surface area contributed by atoms with Gasteiger partial charge in [0.15, 0.2) is 11.4 Å². The van der Waals surface area contributed by atoms with Gasteiger partial charge in [-0.15, -0.1) is 0 Å². The fourth-order valence-corrected chi connectivity index (χ4v) is 6.87. The van der Waals surface area contributed by atoms with Crippen LogP contribution < -0.4 is 10.1 Å². The van der Waals surface area contributed by atoms with E-state index < -0.39 is 58.9 Å². The zero-order chi connectivity index (χ0) is 38.4. The van der Waals surface area contributed by atoms with Crippen molar-refractivity contribution in [3.05, 3.63) is 40.5 Å². The van der Waals surface area contributed by atoms with E-state index in [9.17, 15) is 40.2 Å². The Kier molecular flexibility index (Phi) is 14.9. The average molecular weight is 702 g/mol. The van der Waals surface area contributed by atoms with Gasteiger partial charge in [-0.25, -0.2) is 0 Å². The van der Waals surface area contributed by atoms with E-state index in [0.29, 0.717) is 18.4 Å². The molecule has 0 unspecified atom stereocenters. The van der Waals surface area contributed by atoms with Crippen molar-refractivity contribution in [1.82, 2.24) is 0 Å². The first-order chi connectivity index (χ1) is 23.4. The molecule has 3 aliphatic rings. The summed E-state index contributed by atoms with van der Waals surface area (Å²) in [6.07, 6.45) is 4.00. The molecule has 0 radical (unpaired) electrons. The van der Waals surface area contributed by atoms with Gasteiger partial charge in [-0.1, -0.05) is 59.8 Å². The minimum atomic E-state index is -1.47. The lowest BCUT2D eigenvalue weighted by Gasteiger charge is -2.33. The van der Waals surface area contributed by atoms with Gasteiger partial charge in [-0.05, 0) is 58.8 Å². The number of nitrogens with one attached hydrogen (secondary N) is 1. The van der Waals surface area contributed by atoms with Gasteiger partial charge in [-0.3, -0.25) is 9.59 Å². The Morgan fingerprint density at radius 2 is 1.42 bits per heavy atom. The molecule has 280 valence electrons. The van der Waals surface area contributed by atoms with Crippen LogP contribution in [-0.2, 0) is 4.79 Å². The number of allylic oxidation sites excluding steroid dienone is 1. The van der Waals surface area contributed by atoms with Crippen LogP contribution in [0, 0.1) is 37.5 Å². The minimum Gasteiger partial charge on any atom is -0.507 e. The molecule has 0 spiro atoms. The van der Waals surface area contributed by atoms with Crippen LogP contribution in [-0.4, -0.2) is 78.5 Å². The summed E-state index contributed by atoms with van der Waals surface area (Å²) in [5, 5.41) is 76.4. The van der Waals surface area contributed by atoms with Crippen LogP contribution in [0.1, 0.15) is 103 Å². The number of fused-ring (bicyclic) bond motifs is 15. The second-order valence-corrected chi connectivity index (χ2v) is 13.8. The highest BCUT2D eigenvalue weighted by Gasteiger charge is 2.47. The Morgan fingerprint density at radius 3 is 2.02 bits per heavy atom. The van der Waals surface area contributed by atoms with E-state index in [0.717, 1.165) is 13.5 Å². The van der Waals surface area contributed by atoms with Crippen molar-refractivity contribution in [1.29, 1.82) is 0 Å². The van der Waals surface area contributed by atoms with Crippen molar-refractivity contribution < 1.29 is 50.1 Å². The minimum absolute atomic E-state index is 0.00380. The van der Waals surface area contributed by atoms with Crippen molar-refractivity contribution in [2.24, 2.45) is 23.7 Å². The first kappa shape index (κ1) is 42.5. The third-order valence-electron chi connectivity index (χ3n) is 10.2. The fourth-order valence-electron chi connectivity index (χ4n) is 6.87. The van der Waals surface area contributed by atoms with Gasteiger partial charge in [-0.2, -0.15) is 0 Å². The van der Waals surface area contributed by atoms with Gasteiger partial charge in [0.05, 0.1) is 34.9 Å². The quantitative estimate of drug-likeness (QED) is 0.0892. The van der Waals surface area contributed by atoms with Gasteiger partial charge in [0.1, 0.15) is 17.2 Å². The molecule has 8 N–H and O–H groups in total. The molecular weight excluding hydrogens is 642 g/mol. The number of Topliss-reactive ketones (excluding diaryl/α,β-unsaturated/α-hetero) is 1. The van der Waals surface area contributed by atoms with Gasteiger partial charge in [0.25, 0.3) is 5.91 Å².